The third-order valence-corrected chi connectivity index (χ3v) is 4.49. The molecule has 18 heavy (non-hydrogen) atoms. The quantitative estimate of drug-likeness (QED) is 0.742. The van der Waals surface area contributed by atoms with Crippen LogP contribution < -0.4 is 0 Å². The van der Waals surface area contributed by atoms with Crippen LogP contribution >= 0.6 is 10.7 Å². The first-order valence-corrected chi connectivity index (χ1v) is 8.01. The van der Waals surface area contributed by atoms with Crippen LogP contribution in [0.5, 0.6) is 0 Å². The molecule has 4 nitrogen and oxygen atoms in total. The number of hydrogen-bond acceptors (Lipinski definition) is 3. The number of carbonyl (C=O) groups excluding carboxylic acids is 1. The van der Waals surface area contributed by atoms with Crippen LogP contribution in [-0.4, -0.2) is 25.8 Å². The fourth-order valence-electron chi connectivity index (χ4n) is 2.16. The van der Waals surface area contributed by atoms with Gasteiger partial charge >= 0.3 is 0 Å². The van der Waals surface area contributed by atoms with E-state index in [4.69, 9.17) is 10.7 Å². The average molecular weight is 288 g/mol. The molecule has 0 unspecified atom stereocenters. The Kier molecular flexibility index (Phi) is 3.64. The summed E-state index contributed by atoms with van der Waals surface area (Å²) < 4.78 is 22.6. The van der Waals surface area contributed by atoms with Gasteiger partial charge in [-0.3, -0.25) is 4.79 Å². The van der Waals surface area contributed by atoms with Gasteiger partial charge in [-0.25, -0.2) is 8.42 Å². The van der Waals surface area contributed by atoms with Gasteiger partial charge in [0.05, 0.1) is 4.90 Å². The summed E-state index contributed by atoms with van der Waals surface area (Å²) in [6.45, 7) is 2.67. The van der Waals surface area contributed by atoms with Crippen LogP contribution in [0.25, 0.3) is 0 Å². The molecule has 1 heterocycles. The predicted molar refractivity (Wildman–Crippen MR) is 68.9 cm³/mol. The second kappa shape index (κ2) is 4.90. The first kappa shape index (κ1) is 13.4. The van der Waals surface area contributed by atoms with E-state index in [1.165, 1.54) is 13.0 Å². The Balaban J connectivity index is 2.42. The van der Waals surface area contributed by atoms with E-state index in [0.29, 0.717) is 13.1 Å². The van der Waals surface area contributed by atoms with Gasteiger partial charge in [0.15, 0.2) is 0 Å². The molecule has 0 atom stereocenters. The molecule has 98 valence electrons. The molecule has 2 rings (SSSR count). The molecule has 1 amide bonds. The topological polar surface area (TPSA) is 54.5 Å². The molecule has 0 saturated carbocycles. The highest BCUT2D eigenvalue weighted by molar-refractivity contribution is 8.13. The highest BCUT2D eigenvalue weighted by Crippen LogP contribution is 2.24. The number of fused-ring (bicyclic) bond motifs is 1. The van der Waals surface area contributed by atoms with Gasteiger partial charge in [0, 0.05) is 30.7 Å². The number of benzene rings is 1. The van der Waals surface area contributed by atoms with Gasteiger partial charge < -0.3 is 4.90 Å². The van der Waals surface area contributed by atoms with Gasteiger partial charge in [-0.15, -0.1) is 0 Å². The molecule has 0 aliphatic carbocycles. The van der Waals surface area contributed by atoms with Crippen molar-refractivity contribution in [3.63, 3.8) is 0 Å². The van der Waals surface area contributed by atoms with Crippen molar-refractivity contribution < 1.29 is 13.2 Å². The minimum absolute atomic E-state index is 0.00184. The summed E-state index contributed by atoms with van der Waals surface area (Å²) in [5.74, 6) is 0.00184. The second-order valence-corrected chi connectivity index (χ2v) is 6.98. The molecular formula is C12H14ClNO3S. The van der Waals surface area contributed by atoms with Crippen molar-refractivity contribution in [1.29, 1.82) is 0 Å². The smallest absolute Gasteiger partial charge is 0.261 e. The lowest BCUT2D eigenvalue weighted by Crippen LogP contribution is -2.28. The molecule has 1 aromatic rings. The normalized spacial score (nSPS) is 16.0. The van der Waals surface area contributed by atoms with Crippen molar-refractivity contribution >= 4 is 25.6 Å². The number of carbonyl (C=O) groups is 1. The van der Waals surface area contributed by atoms with Crippen molar-refractivity contribution in [1.82, 2.24) is 4.90 Å². The maximum absolute atomic E-state index is 11.4. The molecule has 0 N–H and O–H groups in total. The Labute approximate surface area is 111 Å². The van der Waals surface area contributed by atoms with Gasteiger partial charge in [0.2, 0.25) is 5.91 Å². The highest BCUT2D eigenvalue weighted by Gasteiger charge is 2.19. The van der Waals surface area contributed by atoms with E-state index in [1.807, 2.05) is 0 Å². The predicted octanol–water partition coefficient (Wildman–Crippen LogP) is 1.91. The van der Waals surface area contributed by atoms with Crippen LogP contribution in [0.3, 0.4) is 0 Å². The van der Waals surface area contributed by atoms with Gasteiger partial charge in [-0.2, -0.15) is 0 Å². The van der Waals surface area contributed by atoms with Crippen LogP contribution in [0.4, 0.5) is 0 Å². The molecule has 0 radical (unpaired) electrons. The summed E-state index contributed by atoms with van der Waals surface area (Å²) in [5, 5.41) is 0. The number of nitrogens with zero attached hydrogens (tertiary/aromatic N) is 1. The van der Waals surface area contributed by atoms with Crippen LogP contribution in [0.15, 0.2) is 23.1 Å². The molecule has 0 bridgehead atoms. The van der Waals surface area contributed by atoms with Crippen LogP contribution in [0.1, 0.15) is 24.5 Å². The minimum Gasteiger partial charge on any atom is -0.339 e. The van der Waals surface area contributed by atoms with E-state index in [9.17, 15) is 13.2 Å². The lowest BCUT2D eigenvalue weighted by atomic mass is 10.0. The van der Waals surface area contributed by atoms with Crippen molar-refractivity contribution in [2.75, 3.05) is 6.54 Å². The molecule has 0 fully saturated rings. The monoisotopic (exact) mass is 287 g/mol. The lowest BCUT2D eigenvalue weighted by molar-refractivity contribution is -0.129. The third kappa shape index (κ3) is 2.84. The zero-order valence-electron chi connectivity index (χ0n) is 10.0. The molecule has 0 saturated heterocycles. The highest BCUT2D eigenvalue weighted by atomic mass is 35.7. The fourth-order valence-corrected chi connectivity index (χ4v) is 2.96. The standard InChI is InChI=1S/C12H14ClNO3S/c1-9(15)14-6-2-3-10-4-5-12(18(13,16)17)7-11(10)8-14/h4-5,7H,2-3,6,8H2,1H3. The summed E-state index contributed by atoms with van der Waals surface area (Å²) in [6, 6.07) is 4.87. The summed E-state index contributed by atoms with van der Waals surface area (Å²) >= 11 is 0. The molecule has 0 spiro atoms. The SMILES string of the molecule is CC(=O)N1CCCc2ccc(S(=O)(=O)Cl)cc2C1. The number of halogens is 1. The van der Waals surface area contributed by atoms with Gasteiger partial charge in [0.1, 0.15) is 0 Å². The second-order valence-electron chi connectivity index (χ2n) is 4.41. The van der Waals surface area contributed by atoms with Crippen LogP contribution in [-0.2, 0) is 26.8 Å². The summed E-state index contributed by atoms with van der Waals surface area (Å²) in [4.78, 5) is 13.2. The molecule has 6 heteroatoms. The molecule has 1 aliphatic heterocycles. The molecule has 0 aromatic heterocycles. The summed E-state index contributed by atoms with van der Waals surface area (Å²) in [7, 11) is 1.62. The van der Waals surface area contributed by atoms with Gasteiger partial charge in [0.25, 0.3) is 9.05 Å². The van der Waals surface area contributed by atoms with Crippen molar-refractivity contribution in [2.24, 2.45) is 0 Å². The van der Waals surface area contributed by atoms with Crippen molar-refractivity contribution in [3.05, 3.63) is 29.3 Å². The summed E-state index contributed by atoms with van der Waals surface area (Å²) in [5.41, 5.74) is 1.95. The molecule has 1 aromatic carbocycles. The first-order chi connectivity index (χ1) is 8.38. The van der Waals surface area contributed by atoms with E-state index in [0.717, 1.165) is 24.0 Å². The fraction of sp³-hybridized carbons (Fsp3) is 0.417. The maximum atomic E-state index is 11.4. The van der Waals surface area contributed by atoms with Crippen LogP contribution in [0, 0.1) is 0 Å². The van der Waals surface area contributed by atoms with Crippen molar-refractivity contribution in [2.45, 2.75) is 31.2 Å². The minimum atomic E-state index is -3.72. The van der Waals surface area contributed by atoms with E-state index >= 15 is 0 Å². The number of aryl methyl sites for hydroxylation is 1. The van der Waals surface area contributed by atoms with Crippen LogP contribution in [0.2, 0.25) is 0 Å². The summed E-state index contributed by atoms with van der Waals surface area (Å²) in [6.07, 6.45) is 1.74. The van der Waals surface area contributed by atoms with Gasteiger partial charge in [-0.05, 0) is 36.1 Å². The molecular weight excluding hydrogens is 274 g/mol. The van der Waals surface area contributed by atoms with E-state index in [1.54, 1.807) is 17.0 Å². The Bertz CT molecular complexity index is 583. The number of rotatable bonds is 1. The van der Waals surface area contributed by atoms with E-state index in [2.05, 4.69) is 0 Å². The zero-order valence-corrected chi connectivity index (χ0v) is 11.6. The van der Waals surface area contributed by atoms with E-state index in [-0.39, 0.29) is 10.8 Å². The maximum Gasteiger partial charge on any atom is 0.261 e. The first-order valence-electron chi connectivity index (χ1n) is 5.70. The lowest BCUT2D eigenvalue weighted by Gasteiger charge is -2.18. The number of hydrogen-bond donors (Lipinski definition) is 0. The zero-order chi connectivity index (χ0) is 13.3. The molecule has 1 aliphatic rings. The van der Waals surface area contributed by atoms with Crippen molar-refractivity contribution in [3.8, 4) is 0 Å². The largest absolute Gasteiger partial charge is 0.339 e. The Hall–Kier alpha value is -1.07. The van der Waals surface area contributed by atoms with Gasteiger partial charge in [-0.1, -0.05) is 6.07 Å². The third-order valence-electron chi connectivity index (χ3n) is 3.14. The Morgan fingerprint density at radius 1 is 1.33 bits per heavy atom. The van der Waals surface area contributed by atoms with E-state index < -0.39 is 9.05 Å². The Morgan fingerprint density at radius 3 is 2.67 bits per heavy atom. The Morgan fingerprint density at radius 2 is 2.06 bits per heavy atom. The average Bonchev–Trinajstić information content (AvgIpc) is 2.48. The number of amides is 1.